The zero-order chi connectivity index (χ0) is 17.9. The molecule has 2 heterocycles. The summed E-state index contributed by atoms with van der Waals surface area (Å²) in [7, 11) is 1.65. The number of nitrogens with zero attached hydrogens (tertiary/aromatic N) is 2. The van der Waals surface area contributed by atoms with E-state index in [0.717, 1.165) is 41.1 Å². The molecule has 134 valence electrons. The normalized spacial score (nSPS) is 15.6. The Balaban J connectivity index is 1.37. The highest BCUT2D eigenvalue weighted by atomic mass is 16.5. The maximum absolute atomic E-state index is 12.5. The molecule has 0 spiro atoms. The highest BCUT2D eigenvalue weighted by Crippen LogP contribution is 2.21. The molecular formula is C21H22N2O3. The van der Waals surface area contributed by atoms with Gasteiger partial charge in [0.15, 0.2) is 0 Å². The van der Waals surface area contributed by atoms with Crippen LogP contribution in [0.2, 0.25) is 0 Å². The van der Waals surface area contributed by atoms with Gasteiger partial charge in [0.25, 0.3) is 0 Å². The predicted molar refractivity (Wildman–Crippen MR) is 99.9 cm³/mol. The second-order valence-electron chi connectivity index (χ2n) is 6.63. The number of carbonyl (C=O) groups excluding carboxylic acids is 1. The molecule has 3 aromatic rings. The SMILES string of the molecule is COc1cccc(CN2CCN(Cc3cc4ccccc4o3)CC2=O)c1. The molecule has 5 heteroatoms. The Morgan fingerprint density at radius 3 is 2.73 bits per heavy atom. The van der Waals surface area contributed by atoms with E-state index >= 15 is 0 Å². The number of fused-ring (bicyclic) bond motifs is 1. The van der Waals surface area contributed by atoms with Crippen molar-refractivity contribution in [1.29, 1.82) is 0 Å². The van der Waals surface area contributed by atoms with Gasteiger partial charge in [-0.05, 0) is 29.8 Å². The average Bonchev–Trinajstić information content (AvgIpc) is 3.06. The van der Waals surface area contributed by atoms with E-state index in [2.05, 4.69) is 11.0 Å². The maximum Gasteiger partial charge on any atom is 0.237 e. The quantitative estimate of drug-likeness (QED) is 0.708. The summed E-state index contributed by atoms with van der Waals surface area (Å²) < 4.78 is 11.1. The molecule has 0 aliphatic carbocycles. The summed E-state index contributed by atoms with van der Waals surface area (Å²) in [5, 5.41) is 1.10. The number of furan rings is 1. The molecular weight excluding hydrogens is 328 g/mol. The van der Waals surface area contributed by atoms with E-state index in [9.17, 15) is 4.79 Å². The zero-order valence-electron chi connectivity index (χ0n) is 14.9. The fraction of sp³-hybridized carbons (Fsp3) is 0.286. The molecule has 5 nitrogen and oxygen atoms in total. The molecule has 26 heavy (non-hydrogen) atoms. The summed E-state index contributed by atoms with van der Waals surface area (Å²) in [5.74, 6) is 1.87. The van der Waals surface area contributed by atoms with Crippen molar-refractivity contribution in [3.8, 4) is 5.75 Å². The van der Waals surface area contributed by atoms with Gasteiger partial charge in [-0.3, -0.25) is 9.69 Å². The van der Waals surface area contributed by atoms with Crippen molar-refractivity contribution in [3.63, 3.8) is 0 Å². The van der Waals surface area contributed by atoms with Gasteiger partial charge < -0.3 is 14.1 Å². The Morgan fingerprint density at radius 2 is 1.92 bits per heavy atom. The van der Waals surface area contributed by atoms with Gasteiger partial charge in [-0.2, -0.15) is 0 Å². The third-order valence-corrected chi connectivity index (χ3v) is 4.76. The molecule has 2 aromatic carbocycles. The summed E-state index contributed by atoms with van der Waals surface area (Å²) in [6.45, 7) is 3.26. The number of benzene rings is 2. The Kier molecular flexibility index (Phi) is 4.63. The van der Waals surface area contributed by atoms with Crippen LogP contribution in [0.4, 0.5) is 0 Å². The molecule has 1 aliphatic rings. The van der Waals surface area contributed by atoms with Crippen molar-refractivity contribution >= 4 is 16.9 Å². The van der Waals surface area contributed by atoms with Crippen LogP contribution >= 0.6 is 0 Å². The topological polar surface area (TPSA) is 45.9 Å². The summed E-state index contributed by atoms with van der Waals surface area (Å²) in [5.41, 5.74) is 1.98. The second kappa shape index (κ2) is 7.22. The van der Waals surface area contributed by atoms with Crippen molar-refractivity contribution in [2.24, 2.45) is 0 Å². The van der Waals surface area contributed by atoms with Crippen LogP contribution in [0.5, 0.6) is 5.75 Å². The minimum Gasteiger partial charge on any atom is -0.497 e. The average molecular weight is 350 g/mol. The highest BCUT2D eigenvalue weighted by Gasteiger charge is 2.24. The van der Waals surface area contributed by atoms with Crippen LogP contribution in [0.1, 0.15) is 11.3 Å². The lowest BCUT2D eigenvalue weighted by atomic mass is 10.2. The molecule has 0 N–H and O–H groups in total. The lowest BCUT2D eigenvalue weighted by Gasteiger charge is -2.34. The minimum absolute atomic E-state index is 0.148. The smallest absolute Gasteiger partial charge is 0.237 e. The van der Waals surface area contributed by atoms with Crippen LogP contribution < -0.4 is 4.74 Å². The molecule has 0 atom stereocenters. The molecule has 0 saturated carbocycles. The number of hydrogen-bond acceptors (Lipinski definition) is 4. The third kappa shape index (κ3) is 3.58. The van der Waals surface area contributed by atoms with Gasteiger partial charge in [-0.1, -0.05) is 30.3 Å². The van der Waals surface area contributed by atoms with Crippen LogP contribution in [0.3, 0.4) is 0 Å². The van der Waals surface area contributed by atoms with Gasteiger partial charge in [-0.15, -0.1) is 0 Å². The van der Waals surface area contributed by atoms with Gasteiger partial charge in [0, 0.05) is 25.0 Å². The zero-order valence-corrected chi connectivity index (χ0v) is 14.9. The minimum atomic E-state index is 0.148. The van der Waals surface area contributed by atoms with E-state index in [4.69, 9.17) is 9.15 Å². The Bertz CT molecular complexity index is 885. The van der Waals surface area contributed by atoms with Gasteiger partial charge in [0.05, 0.1) is 20.2 Å². The summed E-state index contributed by atoms with van der Waals surface area (Å²) in [4.78, 5) is 16.6. The predicted octanol–water partition coefficient (Wildman–Crippen LogP) is 3.29. The second-order valence-corrected chi connectivity index (χ2v) is 6.63. The molecule has 1 aromatic heterocycles. The van der Waals surface area contributed by atoms with Crippen molar-refractivity contribution < 1.29 is 13.9 Å². The number of para-hydroxylation sites is 1. The van der Waals surface area contributed by atoms with E-state index in [0.29, 0.717) is 19.6 Å². The van der Waals surface area contributed by atoms with Crippen molar-refractivity contribution in [3.05, 3.63) is 65.9 Å². The monoisotopic (exact) mass is 350 g/mol. The van der Waals surface area contributed by atoms with Gasteiger partial charge in [0.1, 0.15) is 17.1 Å². The molecule has 0 radical (unpaired) electrons. The van der Waals surface area contributed by atoms with Crippen LogP contribution in [0, 0.1) is 0 Å². The Labute approximate surface area is 152 Å². The molecule has 1 aliphatic heterocycles. The van der Waals surface area contributed by atoms with E-state index in [1.54, 1.807) is 7.11 Å². The molecule has 1 saturated heterocycles. The molecule has 1 amide bonds. The Morgan fingerprint density at radius 1 is 1.04 bits per heavy atom. The largest absolute Gasteiger partial charge is 0.497 e. The number of carbonyl (C=O) groups is 1. The van der Waals surface area contributed by atoms with Crippen molar-refractivity contribution in [1.82, 2.24) is 9.80 Å². The van der Waals surface area contributed by atoms with E-state index < -0.39 is 0 Å². The number of rotatable bonds is 5. The van der Waals surface area contributed by atoms with Crippen LogP contribution in [-0.4, -0.2) is 42.5 Å². The summed E-state index contributed by atoms with van der Waals surface area (Å²) >= 11 is 0. The van der Waals surface area contributed by atoms with Gasteiger partial charge >= 0.3 is 0 Å². The van der Waals surface area contributed by atoms with Crippen LogP contribution in [0.25, 0.3) is 11.0 Å². The lowest BCUT2D eigenvalue weighted by molar-refractivity contribution is -0.137. The third-order valence-electron chi connectivity index (χ3n) is 4.76. The summed E-state index contributed by atoms with van der Waals surface area (Å²) in [6, 6.07) is 17.9. The molecule has 4 rings (SSSR count). The molecule has 0 unspecified atom stereocenters. The highest BCUT2D eigenvalue weighted by molar-refractivity contribution is 5.79. The van der Waals surface area contributed by atoms with E-state index in [-0.39, 0.29) is 5.91 Å². The summed E-state index contributed by atoms with van der Waals surface area (Å²) in [6.07, 6.45) is 0. The van der Waals surface area contributed by atoms with E-state index in [1.165, 1.54) is 0 Å². The first-order valence-electron chi connectivity index (χ1n) is 8.82. The van der Waals surface area contributed by atoms with E-state index in [1.807, 2.05) is 53.4 Å². The first-order valence-corrected chi connectivity index (χ1v) is 8.82. The number of methoxy groups -OCH3 is 1. The number of ether oxygens (including phenoxy) is 1. The Hall–Kier alpha value is -2.79. The first-order chi connectivity index (χ1) is 12.7. The lowest BCUT2D eigenvalue weighted by Crippen LogP contribution is -2.49. The fourth-order valence-electron chi connectivity index (χ4n) is 3.39. The van der Waals surface area contributed by atoms with Crippen LogP contribution in [-0.2, 0) is 17.9 Å². The number of piperazine rings is 1. The maximum atomic E-state index is 12.5. The van der Waals surface area contributed by atoms with Crippen molar-refractivity contribution in [2.75, 3.05) is 26.7 Å². The number of amides is 1. The van der Waals surface area contributed by atoms with Crippen LogP contribution in [0.15, 0.2) is 59.0 Å². The molecule has 0 bridgehead atoms. The van der Waals surface area contributed by atoms with Gasteiger partial charge in [0.2, 0.25) is 5.91 Å². The standard InChI is InChI=1S/C21H22N2O3/c1-25-18-7-4-5-16(11-18)13-23-10-9-22(15-21(23)24)14-19-12-17-6-2-3-8-20(17)26-19/h2-8,11-12H,9-10,13-15H2,1H3. The van der Waals surface area contributed by atoms with Crippen molar-refractivity contribution in [2.45, 2.75) is 13.1 Å². The number of hydrogen-bond donors (Lipinski definition) is 0. The molecule has 1 fully saturated rings. The van der Waals surface area contributed by atoms with Gasteiger partial charge in [-0.25, -0.2) is 0 Å². The fourth-order valence-corrected chi connectivity index (χ4v) is 3.39. The first kappa shape index (κ1) is 16.7.